The molecule has 0 unspecified atom stereocenters. The number of Topliss-reactive ketones (excluding diaryl/α,β-unsaturated/α-hetero) is 1. The normalized spacial score (nSPS) is 14.7. The van der Waals surface area contributed by atoms with E-state index in [1.165, 1.54) is 28.8 Å². The van der Waals surface area contributed by atoms with Crippen molar-refractivity contribution in [2.75, 3.05) is 4.90 Å². The topological polar surface area (TPSA) is 33.2 Å². The summed E-state index contributed by atoms with van der Waals surface area (Å²) in [5.41, 5.74) is 6.71. The second-order valence-electron chi connectivity index (χ2n) is 10.7. The van der Waals surface area contributed by atoms with Gasteiger partial charge in [-0.25, -0.2) is 4.98 Å². The number of anilines is 2. The molecule has 0 bridgehead atoms. The highest BCUT2D eigenvalue weighted by Gasteiger charge is 2.34. The number of pyridine rings is 1. The summed E-state index contributed by atoms with van der Waals surface area (Å²) in [6.07, 6.45) is 5.03. The van der Waals surface area contributed by atoms with E-state index in [1.807, 2.05) is 26.0 Å². The first-order valence-electron chi connectivity index (χ1n) is 11.8. The largest absolute Gasteiger partial charge is 0.324 e. The number of aromatic nitrogens is 1. The van der Waals surface area contributed by atoms with Crippen LogP contribution in [0.2, 0.25) is 0 Å². The number of carbonyl (C=O) groups excluding carboxylic acids is 1. The van der Waals surface area contributed by atoms with Gasteiger partial charge in [-0.1, -0.05) is 54.5 Å². The Morgan fingerprint density at radius 2 is 1.81 bits per heavy atom. The minimum Gasteiger partial charge on any atom is -0.324 e. The van der Waals surface area contributed by atoms with Crippen LogP contribution in [0.15, 0.2) is 30.5 Å². The van der Waals surface area contributed by atoms with Gasteiger partial charge in [-0.05, 0) is 85.8 Å². The third-order valence-electron chi connectivity index (χ3n) is 5.93. The van der Waals surface area contributed by atoms with Gasteiger partial charge in [0.2, 0.25) is 0 Å². The first-order chi connectivity index (χ1) is 14.4. The lowest BCUT2D eigenvalue weighted by molar-refractivity contribution is 0.101. The van der Waals surface area contributed by atoms with E-state index in [9.17, 15) is 4.79 Å². The Bertz CT molecular complexity index is 902. The molecule has 0 radical (unpaired) electrons. The van der Waals surface area contributed by atoms with Gasteiger partial charge in [0.05, 0.1) is 0 Å². The molecule has 1 aliphatic carbocycles. The highest BCUT2D eigenvalue weighted by atomic mass is 16.1. The van der Waals surface area contributed by atoms with Crippen LogP contribution in [0, 0.1) is 5.41 Å². The van der Waals surface area contributed by atoms with Crippen molar-refractivity contribution in [1.29, 1.82) is 0 Å². The van der Waals surface area contributed by atoms with Crippen LogP contribution in [0.5, 0.6) is 0 Å². The van der Waals surface area contributed by atoms with Gasteiger partial charge < -0.3 is 4.90 Å². The van der Waals surface area contributed by atoms with Crippen LogP contribution in [0.4, 0.5) is 11.5 Å². The summed E-state index contributed by atoms with van der Waals surface area (Å²) >= 11 is 0. The quantitative estimate of drug-likeness (QED) is 0.463. The summed E-state index contributed by atoms with van der Waals surface area (Å²) in [6.45, 7) is 21.6. The zero-order valence-corrected chi connectivity index (χ0v) is 21.4. The molecule has 1 aromatic heterocycles. The molecule has 31 heavy (non-hydrogen) atoms. The van der Waals surface area contributed by atoms with Gasteiger partial charge in [0.1, 0.15) is 5.82 Å². The molecule has 1 aliphatic rings. The number of nitrogens with zero attached hydrogens (tertiary/aromatic N) is 2. The standard InChI is InChI=1S/C26H36N2O.C2H6/c1-17(2)28(24-10-9-20(16-27-24)18(3)29)23-14-19(15-25(4,5)6)13-22-21(23)11-12-26(22,7)8;1-2/h9-10,13-14,16-17H,11-12,15H2,1-8H3;1-2H3. The lowest BCUT2D eigenvalue weighted by atomic mass is 9.82. The van der Waals surface area contributed by atoms with Crippen LogP contribution in [0.3, 0.4) is 0 Å². The van der Waals surface area contributed by atoms with Crippen LogP contribution >= 0.6 is 0 Å². The predicted molar refractivity (Wildman–Crippen MR) is 134 cm³/mol. The predicted octanol–water partition coefficient (Wildman–Crippen LogP) is 7.67. The molecule has 1 heterocycles. The van der Waals surface area contributed by atoms with Crippen molar-refractivity contribution in [2.24, 2.45) is 5.41 Å². The number of hydrogen-bond donors (Lipinski definition) is 0. The molecule has 0 fully saturated rings. The average Bonchev–Trinajstić information content (AvgIpc) is 2.97. The lowest BCUT2D eigenvalue weighted by Gasteiger charge is -2.32. The molecule has 170 valence electrons. The third kappa shape index (κ3) is 5.75. The maximum Gasteiger partial charge on any atom is 0.161 e. The molecule has 0 atom stereocenters. The van der Waals surface area contributed by atoms with Crippen molar-refractivity contribution < 1.29 is 4.79 Å². The minimum atomic E-state index is 0.0509. The molecule has 0 saturated heterocycles. The van der Waals surface area contributed by atoms with E-state index in [1.54, 1.807) is 13.1 Å². The monoisotopic (exact) mass is 422 g/mol. The molecule has 0 N–H and O–H groups in total. The van der Waals surface area contributed by atoms with Crippen molar-refractivity contribution in [3.8, 4) is 0 Å². The molecule has 3 nitrogen and oxygen atoms in total. The number of hydrogen-bond acceptors (Lipinski definition) is 3. The summed E-state index contributed by atoms with van der Waals surface area (Å²) in [4.78, 5) is 18.7. The van der Waals surface area contributed by atoms with Crippen molar-refractivity contribution in [3.63, 3.8) is 0 Å². The van der Waals surface area contributed by atoms with E-state index in [-0.39, 0.29) is 22.7 Å². The summed E-state index contributed by atoms with van der Waals surface area (Å²) < 4.78 is 0. The number of fused-ring (bicyclic) bond motifs is 1. The van der Waals surface area contributed by atoms with E-state index in [2.05, 4.69) is 70.5 Å². The fraction of sp³-hybridized carbons (Fsp3) is 0.571. The zero-order valence-electron chi connectivity index (χ0n) is 21.4. The number of carbonyl (C=O) groups is 1. The van der Waals surface area contributed by atoms with E-state index >= 15 is 0 Å². The molecular formula is C28H42N2O. The van der Waals surface area contributed by atoms with E-state index in [0.29, 0.717) is 5.56 Å². The van der Waals surface area contributed by atoms with Crippen molar-refractivity contribution >= 4 is 17.3 Å². The van der Waals surface area contributed by atoms with Gasteiger partial charge in [-0.2, -0.15) is 0 Å². The minimum absolute atomic E-state index is 0.0509. The van der Waals surface area contributed by atoms with E-state index < -0.39 is 0 Å². The molecule has 0 saturated carbocycles. The fourth-order valence-electron chi connectivity index (χ4n) is 4.49. The maximum absolute atomic E-state index is 11.7. The Balaban J connectivity index is 0.00000166. The van der Waals surface area contributed by atoms with Crippen LogP contribution in [0.25, 0.3) is 0 Å². The summed E-state index contributed by atoms with van der Waals surface area (Å²) in [7, 11) is 0. The summed E-state index contributed by atoms with van der Waals surface area (Å²) in [5, 5.41) is 0. The number of benzene rings is 1. The molecule has 0 amide bonds. The molecule has 3 rings (SSSR count). The first-order valence-corrected chi connectivity index (χ1v) is 11.8. The fourth-order valence-corrected chi connectivity index (χ4v) is 4.49. The van der Waals surface area contributed by atoms with E-state index in [0.717, 1.165) is 18.7 Å². The Hall–Kier alpha value is -2.16. The van der Waals surface area contributed by atoms with Crippen molar-refractivity contribution in [2.45, 2.75) is 100.0 Å². The second kappa shape index (κ2) is 9.54. The molecule has 0 aliphatic heterocycles. The van der Waals surface area contributed by atoms with Crippen molar-refractivity contribution in [1.82, 2.24) is 4.98 Å². The smallest absolute Gasteiger partial charge is 0.161 e. The Morgan fingerprint density at radius 3 is 2.29 bits per heavy atom. The summed E-state index contributed by atoms with van der Waals surface area (Å²) in [6, 6.07) is 8.97. The highest BCUT2D eigenvalue weighted by molar-refractivity contribution is 5.94. The van der Waals surface area contributed by atoms with Gasteiger partial charge in [-0.15, -0.1) is 0 Å². The first kappa shape index (κ1) is 25.1. The van der Waals surface area contributed by atoms with Gasteiger partial charge in [-0.3, -0.25) is 4.79 Å². The Labute approximate surface area is 190 Å². The van der Waals surface area contributed by atoms with E-state index in [4.69, 9.17) is 0 Å². The van der Waals surface area contributed by atoms with Gasteiger partial charge in [0.15, 0.2) is 5.78 Å². The van der Waals surface area contributed by atoms with Crippen LogP contribution in [-0.2, 0) is 18.3 Å². The maximum atomic E-state index is 11.7. The third-order valence-corrected chi connectivity index (χ3v) is 5.93. The molecule has 0 spiro atoms. The second-order valence-corrected chi connectivity index (χ2v) is 10.7. The molecule has 1 aromatic carbocycles. The average molecular weight is 423 g/mol. The molecule has 2 aromatic rings. The lowest BCUT2D eigenvalue weighted by Crippen LogP contribution is -2.28. The zero-order chi connectivity index (χ0) is 23.6. The van der Waals surface area contributed by atoms with Crippen molar-refractivity contribution in [3.05, 3.63) is 52.7 Å². The molecular weight excluding hydrogens is 380 g/mol. The number of ketones is 1. The number of rotatable bonds is 5. The van der Waals surface area contributed by atoms with Gasteiger partial charge >= 0.3 is 0 Å². The van der Waals surface area contributed by atoms with Crippen LogP contribution in [-0.4, -0.2) is 16.8 Å². The van der Waals surface area contributed by atoms with Gasteiger partial charge in [0.25, 0.3) is 0 Å². The Morgan fingerprint density at radius 1 is 1.16 bits per heavy atom. The van der Waals surface area contributed by atoms with Crippen LogP contribution in [0.1, 0.15) is 103 Å². The Kier molecular flexibility index (Phi) is 7.73. The summed E-state index contributed by atoms with van der Waals surface area (Å²) in [5.74, 6) is 0.958. The van der Waals surface area contributed by atoms with Gasteiger partial charge in [0, 0.05) is 23.5 Å². The highest BCUT2D eigenvalue weighted by Crippen LogP contribution is 2.45. The SMILES string of the molecule is CC.CC(=O)c1ccc(N(c2cc(CC(C)(C)C)cc3c2CCC3(C)C)C(C)C)nc1. The van der Waals surface area contributed by atoms with Crippen LogP contribution < -0.4 is 4.90 Å². The molecule has 3 heteroatoms.